The Morgan fingerprint density at radius 1 is 1.31 bits per heavy atom. The summed E-state index contributed by atoms with van der Waals surface area (Å²) in [4.78, 5) is 10.4. The zero-order chi connectivity index (χ0) is 22.2. The molecule has 2 aliphatic rings. The summed E-state index contributed by atoms with van der Waals surface area (Å²) >= 11 is 1.25. The molecule has 2 N–H and O–H groups in total. The Bertz CT molecular complexity index is 1160. The molecule has 0 unspecified atom stereocenters. The normalized spacial score (nSPS) is 24.7. The van der Waals surface area contributed by atoms with Crippen LogP contribution in [-0.4, -0.2) is 56.6 Å². The van der Waals surface area contributed by atoms with Crippen molar-refractivity contribution in [2.45, 2.75) is 50.0 Å². The minimum atomic E-state index is -0.970. The van der Waals surface area contributed by atoms with Gasteiger partial charge >= 0.3 is 0 Å². The van der Waals surface area contributed by atoms with E-state index in [9.17, 15) is 5.11 Å². The van der Waals surface area contributed by atoms with Crippen molar-refractivity contribution in [1.82, 2.24) is 25.5 Å². The topological polar surface area (TPSA) is 111 Å². The number of benzene rings is 1. The number of hydrogen-bond acceptors (Lipinski definition) is 9. The fourth-order valence-electron chi connectivity index (χ4n) is 4.61. The van der Waals surface area contributed by atoms with Crippen LogP contribution in [0.1, 0.15) is 30.7 Å². The summed E-state index contributed by atoms with van der Waals surface area (Å²) in [5.41, 5.74) is 1.75. The summed E-state index contributed by atoms with van der Waals surface area (Å²) in [6.45, 7) is 0. The van der Waals surface area contributed by atoms with Crippen molar-refractivity contribution in [3.05, 3.63) is 34.8 Å². The van der Waals surface area contributed by atoms with Crippen LogP contribution in [0.5, 0.6) is 5.75 Å². The van der Waals surface area contributed by atoms with Gasteiger partial charge in [-0.25, -0.2) is 14.4 Å². The average molecular weight is 452 g/mol. The number of alkyl halides is 1. The molecule has 2 bridgehead atoms. The molecule has 32 heavy (non-hydrogen) atoms. The number of phenols is 1. The second kappa shape index (κ2) is 8.41. The molecular formula is C22H22FN7OS. The Morgan fingerprint density at radius 3 is 2.91 bits per heavy atom. The van der Waals surface area contributed by atoms with Crippen molar-refractivity contribution in [2.75, 3.05) is 11.9 Å². The van der Waals surface area contributed by atoms with Gasteiger partial charge in [-0.15, -0.1) is 21.5 Å². The number of nitrogens with zero attached hydrogens (tertiary/aromatic N) is 6. The maximum Gasteiger partial charge on any atom is 0.194 e. The molecule has 2 aliphatic heterocycles. The molecule has 4 heterocycles. The molecule has 164 valence electrons. The summed E-state index contributed by atoms with van der Waals surface area (Å²) < 4.78 is 15.0. The lowest BCUT2D eigenvalue weighted by Crippen LogP contribution is -2.61. The molecule has 2 aromatic heterocycles. The Morgan fingerprint density at radius 2 is 2.19 bits per heavy atom. The van der Waals surface area contributed by atoms with E-state index in [0.29, 0.717) is 33.7 Å². The first-order valence-electron chi connectivity index (χ1n) is 10.6. The largest absolute Gasteiger partial charge is 0.507 e. The van der Waals surface area contributed by atoms with Crippen LogP contribution in [0.2, 0.25) is 0 Å². The van der Waals surface area contributed by atoms with Gasteiger partial charge in [-0.2, -0.15) is 5.26 Å². The van der Waals surface area contributed by atoms with Gasteiger partial charge in [0.15, 0.2) is 16.6 Å². The van der Waals surface area contributed by atoms with Crippen molar-refractivity contribution in [2.24, 2.45) is 0 Å². The molecular weight excluding hydrogens is 429 g/mol. The zero-order valence-electron chi connectivity index (χ0n) is 17.4. The molecule has 0 radical (unpaired) electrons. The van der Waals surface area contributed by atoms with Gasteiger partial charge in [-0.1, -0.05) is 12.5 Å². The minimum absolute atomic E-state index is 0.00749. The highest BCUT2D eigenvalue weighted by Gasteiger charge is 2.42. The lowest BCUT2D eigenvalue weighted by atomic mass is 9.82. The van der Waals surface area contributed by atoms with Crippen LogP contribution in [0.15, 0.2) is 29.8 Å². The molecule has 0 saturated carbocycles. The van der Waals surface area contributed by atoms with Gasteiger partial charge in [0.05, 0.1) is 23.5 Å². The fourth-order valence-corrected chi connectivity index (χ4v) is 5.23. The van der Waals surface area contributed by atoms with Gasteiger partial charge in [0.1, 0.15) is 18.0 Å². The SMILES string of the molecule is CN(c1cnc(-c2ccc(-c3csc(C#N)n3)cc2O)nn1)[C@H]1C[C@@H]2CCC[C@@H](N2)[C@H]1F. The highest BCUT2D eigenvalue weighted by atomic mass is 32.1. The van der Waals surface area contributed by atoms with E-state index < -0.39 is 6.17 Å². The maximum absolute atomic E-state index is 15.0. The predicted octanol–water partition coefficient (Wildman–Crippen LogP) is 3.30. The first-order valence-corrected chi connectivity index (χ1v) is 11.4. The zero-order valence-corrected chi connectivity index (χ0v) is 18.3. The third kappa shape index (κ3) is 3.78. The molecule has 0 spiro atoms. The fraction of sp³-hybridized carbons (Fsp3) is 0.409. The van der Waals surface area contributed by atoms with E-state index in [1.54, 1.807) is 29.8 Å². The van der Waals surface area contributed by atoms with Gasteiger partial charge in [0.25, 0.3) is 0 Å². The van der Waals surface area contributed by atoms with E-state index in [1.807, 2.05) is 18.0 Å². The predicted molar refractivity (Wildman–Crippen MR) is 119 cm³/mol. The Hall–Kier alpha value is -3.16. The maximum atomic E-state index is 15.0. The lowest BCUT2D eigenvalue weighted by molar-refractivity contribution is 0.107. The Kier molecular flexibility index (Phi) is 5.45. The van der Waals surface area contributed by atoms with E-state index in [0.717, 1.165) is 25.7 Å². The quantitative estimate of drug-likeness (QED) is 0.622. The second-order valence-corrected chi connectivity index (χ2v) is 9.14. The highest BCUT2D eigenvalue weighted by Crippen LogP contribution is 2.34. The molecule has 2 fully saturated rings. The van der Waals surface area contributed by atoms with Gasteiger partial charge < -0.3 is 15.3 Å². The van der Waals surface area contributed by atoms with Crippen LogP contribution in [0.25, 0.3) is 22.6 Å². The van der Waals surface area contributed by atoms with E-state index in [1.165, 1.54) is 11.3 Å². The summed E-state index contributed by atoms with van der Waals surface area (Å²) in [5, 5.41) is 33.4. The van der Waals surface area contributed by atoms with Crippen molar-refractivity contribution >= 4 is 17.2 Å². The van der Waals surface area contributed by atoms with E-state index in [2.05, 4.69) is 25.5 Å². The number of halogens is 1. The summed E-state index contributed by atoms with van der Waals surface area (Å²) in [6.07, 6.45) is 4.33. The number of anilines is 1. The van der Waals surface area contributed by atoms with Crippen LogP contribution in [0, 0.1) is 11.3 Å². The molecule has 8 nitrogen and oxygen atoms in total. The number of hydrogen-bond donors (Lipinski definition) is 2. The highest BCUT2D eigenvalue weighted by molar-refractivity contribution is 7.10. The van der Waals surface area contributed by atoms with Crippen molar-refractivity contribution in [3.63, 3.8) is 0 Å². The first-order chi connectivity index (χ1) is 15.5. The van der Waals surface area contributed by atoms with Crippen LogP contribution >= 0.6 is 11.3 Å². The molecule has 0 aliphatic carbocycles. The standard InChI is InChI=1S/C22H22FN7OS/c1-30(17-8-13-3-2-4-15(26-13)21(17)23)19-10-25-22(29-28-19)14-6-5-12(7-18(14)31)16-11-32-20(9-24)27-16/h5-7,10-11,13,15,17,21,26,31H,2-4,8H2,1H3/t13-,15+,17-,21+/m0/s1. The number of thiazole rings is 1. The molecule has 3 aromatic rings. The van der Waals surface area contributed by atoms with Crippen LogP contribution in [-0.2, 0) is 0 Å². The van der Waals surface area contributed by atoms with Crippen molar-refractivity contribution < 1.29 is 9.50 Å². The van der Waals surface area contributed by atoms with Crippen molar-refractivity contribution in [1.29, 1.82) is 5.26 Å². The van der Waals surface area contributed by atoms with Gasteiger partial charge in [-0.3, -0.25) is 0 Å². The number of piperidine rings is 2. The van der Waals surface area contributed by atoms with Crippen LogP contribution < -0.4 is 10.2 Å². The third-order valence-corrected chi connectivity index (χ3v) is 7.08. The number of phenolic OH excluding ortho intramolecular Hbond substituents is 1. The molecule has 2 saturated heterocycles. The summed E-state index contributed by atoms with van der Waals surface area (Å²) in [5.74, 6) is 0.775. The van der Waals surface area contributed by atoms with E-state index in [4.69, 9.17) is 5.26 Å². The molecule has 5 rings (SSSR count). The smallest absolute Gasteiger partial charge is 0.194 e. The number of aromatic nitrogens is 4. The summed E-state index contributed by atoms with van der Waals surface area (Å²) in [7, 11) is 1.83. The molecule has 0 amide bonds. The van der Waals surface area contributed by atoms with Gasteiger partial charge in [0, 0.05) is 30.1 Å². The van der Waals surface area contributed by atoms with Gasteiger partial charge in [-0.05, 0) is 31.4 Å². The molecule has 1 aromatic carbocycles. The first kappa shape index (κ1) is 20.7. The number of fused-ring (bicyclic) bond motifs is 2. The second-order valence-electron chi connectivity index (χ2n) is 8.28. The molecule has 10 heteroatoms. The summed E-state index contributed by atoms with van der Waals surface area (Å²) in [6, 6.07) is 7.03. The number of rotatable bonds is 4. The third-order valence-electron chi connectivity index (χ3n) is 6.34. The van der Waals surface area contributed by atoms with Crippen molar-refractivity contribution in [3.8, 4) is 34.5 Å². The number of nitriles is 1. The van der Waals surface area contributed by atoms with Crippen LogP contribution in [0.3, 0.4) is 0 Å². The number of nitrogens with one attached hydrogen (secondary N) is 1. The van der Waals surface area contributed by atoms with E-state index >= 15 is 4.39 Å². The van der Waals surface area contributed by atoms with Crippen LogP contribution in [0.4, 0.5) is 10.2 Å². The lowest BCUT2D eigenvalue weighted by Gasteiger charge is -2.45. The minimum Gasteiger partial charge on any atom is -0.507 e. The average Bonchev–Trinajstić information content (AvgIpc) is 3.31. The van der Waals surface area contributed by atoms with E-state index in [-0.39, 0.29) is 23.7 Å². The number of aromatic hydroxyl groups is 1. The Balaban J connectivity index is 1.35. The monoisotopic (exact) mass is 451 g/mol. The van der Waals surface area contributed by atoms with Gasteiger partial charge in [0.2, 0.25) is 0 Å². The molecule has 4 atom stereocenters. The Labute approximate surface area is 188 Å².